The summed E-state index contributed by atoms with van der Waals surface area (Å²) in [6.45, 7) is 0. The standard InChI is InChI=1S/Al.Mo.3H3O4P.H2O/c;;3*1-5(2,3)4;/h;;3*(H3,1,2,3,4);1H2/q+3;+6;;;;/p-9. The average Bonchev–Trinajstić information content (AvgIpc) is 1.41. The van der Waals surface area contributed by atoms with Gasteiger partial charge in [0, 0.05) is 0 Å². The zero-order valence-corrected chi connectivity index (χ0v) is 13.6. The van der Waals surface area contributed by atoms with Crippen LogP contribution in [-0.2, 0) is 34.8 Å². The summed E-state index contributed by atoms with van der Waals surface area (Å²) >= 11 is 0. The molecule has 0 amide bonds. The third-order valence-corrected chi connectivity index (χ3v) is 0. The van der Waals surface area contributed by atoms with Gasteiger partial charge in [-0.15, -0.1) is 0 Å². The van der Waals surface area contributed by atoms with Gasteiger partial charge in [0.15, 0.2) is 0 Å². The van der Waals surface area contributed by atoms with Gasteiger partial charge < -0.3 is 63.2 Å². The van der Waals surface area contributed by atoms with Crippen molar-refractivity contribution in [3.63, 3.8) is 0 Å². The molecule has 0 atom stereocenters. The summed E-state index contributed by atoms with van der Waals surface area (Å²) in [7, 11) is -16.2. The maximum absolute atomic E-state index is 8.55. The predicted octanol–water partition coefficient (Wildman–Crippen LogP) is -9.68. The Labute approximate surface area is 125 Å². The molecule has 13 nitrogen and oxygen atoms in total. The molecule has 0 bridgehead atoms. The van der Waals surface area contributed by atoms with Crippen LogP contribution < -0.4 is 44.0 Å². The monoisotopic (exact) mass is 428 g/mol. The molecule has 0 aromatic carbocycles. The minimum absolute atomic E-state index is 0. The summed E-state index contributed by atoms with van der Waals surface area (Å²) in [5.41, 5.74) is 0. The van der Waals surface area contributed by atoms with Crippen LogP contribution in [0.2, 0.25) is 0 Å². The van der Waals surface area contributed by atoms with Crippen molar-refractivity contribution in [2.45, 2.75) is 0 Å². The largest absolute Gasteiger partial charge is 6.00 e. The normalized spacial score (nSPS) is 9.83. The predicted molar refractivity (Wildman–Crippen MR) is 32.2 cm³/mol. The first-order valence-corrected chi connectivity index (χ1v) is 6.57. The van der Waals surface area contributed by atoms with Gasteiger partial charge in [0.2, 0.25) is 0 Å². The quantitative estimate of drug-likeness (QED) is 0.258. The first-order valence-electron chi connectivity index (χ1n) is 2.19. The molecule has 0 unspecified atom stereocenters. The Hall–Kier alpha value is 1.51. The fourth-order valence-corrected chi connectivity index (χ4v) is 0. The molecule has 0 fully saturated rings. The molecule has 0 aliphatic heterocycles. The molecule has 0 aliphatic carbocycles. The summed E-state index contributed by atoms with van der Waals surface area (Å²) in [5.74, 6) is 0. The van der Waals surface area contributed by atoms with Gasteiger partial charge >= 0.3 is 38.4 Å². The Bertz CT molecular complexity index is 208. The van der Waals surface area contributed by atoms with E-state index in [9.17, 15) is 0 Å². The van der Waals surface area contributed by atoms with Crippen molar-refractivity contribution in [1.82, 2.24) is 0 Å². The molecule has 0 rings (SSSR count). The molecule has 0 radical (unpaired) electrons. The number of rotatable bonds is 0. The third kappa shape index (κ3) is 2090. The molecular formula is H2AlMoO13P3. The van der Waals surface area contributed by atoms with Gasteiger partial charge in [-0.3, -0.25) is 0 Å². The third-order valence-electron chi connectivity index (χ3n) is 0. The van der Waals surface area contributed by atoms with E-state index < -0.39 is 23.5 Å². The molecule has 0 saturated heterocycles. The van der Waals surface area contributed by atoms with Gasteiger partial charge in [-0.05, 0) is 0 Å². The van der Waals surface area contributed by atoms with Crippen molar-refractivity contribution in [2.75, 3.05) is 0 Å². The summed E-state index contributed by atoms with van der Waals surface area (Å²) in [6, 6.07) is 0. The van der Waals surface area contributed by atoms with E-state index >= 15 is 0 Å². The first kappa shape index (κ1) is 36.6. The van der Waals surface area contributed by atoms with Crippen molar-refractivity contribution in [2.24, 2.45) is 0 Å². The topological polar surface area (TPSA) is 290 Å². The van der Waals surface area contributed by atoms with Crippen molar-refractivity contribution >= 4 is 40.8 Å². The Morgan fingerprint density at radius 1 is 0.500 bits per heavy atom. The van der Waals surface area contributed by atoms with E-state index in [0.29, 0.717) is 0 Å². The maximum Gasteiger partial charge on any atom is 6.00 e. The molecule has 18 heteroatoms. The zero-order chi connectivity index (χ0) is 13.5. The number of hydrogen-bond acceptors (Lipinski definition) is 12. The fraction of sp³-hybridized carbons (Fsp3) is 0. The van der Waals surface area contributed by atoms with Gasteiger partial charge in [-0.1, -0.05) is 0 Å². The SMILES string of the molecule is O.O=P([O-])([O-])[O-].O=P([O-])([O-])[O-].O=P([O-])([O-])[O-].[Al+3].[Mo+6]. The van der Waals surface area contributed by atoms with Crippen LogP contribution in [0.1, 0.15) is 0 Å². The van der Waals surface area contributed by atoms with E-state index in [1.807, 2.05) is 0 Å². The van der Waals surface area contributed by atoms with Gasteiger partial charge in [0.05, 0.1) is 0 Å². The minimum Gasteiger partial charge on any atom is -0.822 e. The molecule has 0 heterocycles. The van der Waals surface area contributed by atoms with Gasteiger partial charge in [-0.2, -0.15) is 23.5 Å². The van der Waals surface area contributed by atoms with Crippen LogP contribution in [0.15, 0.2) is 0 Å². The number of hydrogen-bond donors (Lipinski definition) is 0. The van der Waals surface area contributed by atoms with E-state index in [2.05, 4.69) is 0 Å². The molecule has 0 aliphatic rings. The average molecular weight is 426 g/mol. The molecule has 0 aromatic rings. The summed E-state index contributed by atoms with van der Waals surface area (Å²) in [6.07, 6.45) is 0. The Balaban J connectivity index is -0.0000000277. The van der Waals surface area contributed by atoms with Crippen molar-refractivity contribution < 1.29 is 84.3 Å². The molecule has 2 N–H and O–H groups in total. The van der Waals surface area contributed by atoms with E-state index in [0.717, 1.165) is 0 Å². The molecule has 0 aromatic heterocycles. The van der Waals surface area contributed by atoms with Crippen molar-refractivity contribution in [1.29, 1.82) is 0 Å². The molecular weight excluding hydrogens is 424 g/mol. The second-order valence-electron chi connectivity index (χ2n) is 1.34. The smallest absolute Gasteiger partial charge is 0.822 e. The summed E-state index contributed by atoms with van der Waals surface area (Å²) in [4.78, 5) is 76.9. The van der Waals surface area contributed by atoms with Crippen LogP contribution in [-0.4, -0.2) is 22.8 Å². The second-order valence-corrected chi connectivity index (χ2v) is 4.02. The van der Waals surface area contributed by atoms with E-state index in [4.69, 9.17) is 57.7 Å². The fourth-order valence-electron chi connectivity index (χ4n) is 0. The summed E-state index contributed by atoms with van der Waals surface area (Å²) in [5, 5.41) is 0. The van der Waals surface area contributed by atoms with Crippen LogP contribution in [0.3, 0.4) is 0 Å². The van der Waals surface area contributed by atoms with Crippen LogP contribution in [0.25, 0.3) is 0 Å². The Morgan fingerprint density at radius 3 is 0.500 bits per heavy atom. The zero-order valence-electron chi connectivity index (χ0n) is 7.73. The van der Waals surface area contributed by atoms with Crippen LogP contribution in [0, 0.1) is 0 Å². The second kappa shape index (κ2) is 14.9. The van der Waals surface area contributed by atoms with Crippen LogP contribution in [0.4, 0.5) is 0 Å². The first-order chi connectivity index (χ1) is 6.00. The van der Waals surface area contributed by atoms with Crippen molar-refractivity contribution in [3.05, 3.63) is 0 Å². The van der Waals surface area contributed by atoms with Gasteiger partial charge in [0.25, 0.3) is 0 Å². The van der Waals surface area contributed by atoms with E-state index in [1.165, 1.54) is 0 Å². The van der Waals surface area contributed by atoms with E-state index in [1.54, 1.807) is 0 Å². The van der Waals surface area contributed by atoms with Crippen LogP contribution >= 0.6 is 23.5 Å². The van der Waals surface area contributed by atoms with Crippen LogP contribution in [0.5, 0.6) is 0 Å². The number of phosphoric acid groups is 3. The summed E-state index contributed by atoms with van der Waals surface area (Å²) < 4.78 is 25.6. The maximum atomic E-state index is 8.55. The Kier molecular flexibility index (Phi) is 30.3. The molecule has 0 saturated carbocycles. The van der Waals surface area contributed by atoms with Crippen molar-refractivity contribution in [3.8, 4) is 0 Å². The molecule has 18 heavy (non-hydrogen) atoms. The Morgan fingerprint density at radius 2 is 0.500 bits per heavy atom. The minimum atomic E-state index is -5.39. The van der Waals surface area contributed by atoms with Gasteiger partial charge in [0.1, 0.15) is 0 Å². The van der Waals surface area contributed by atoms with E-state index in [-0.39, 0.29) is 43.9 Å². The van der Waals surface area contributed by atoms with Gasteiger partial charge in [-0.25, -0.2) is 0 Å². The molecule has 104 valence electrons. The molecule has 0 spiro atoms.